The number of hydrogen-bond acceptors (Lipinski definition) is 6. The lowest BCUT2D eigenvalue weighted by atomic mass is 10.2. The Morgan fingerprint density at radius 2 is 1.67 bits per heavy atom. The molecule has 0 aliphatic carbocycles. The lowest BCUT2D eigenvalue weighted by Crippen LogP contribution is -2.49. The van der Waals surface area contributed by atoms with Crippen LogP contribution in [-0.2, 0) is 19.0 Å². The molecule has 1 atom stereocenters. The van der Waals surface area contributed by atoms with Gasteiger partial charge in [0.15, 0.2) is 11.4 Å². The summed E-state index contributed by atoms with van der Waals surface area (Å²) in [6, 6.07) is -0.464. The van der Waals surface area contributed by atoms with E-state index in [0.29, 0.717) is 19.0 Å². The summed E-state index contributed by atoms with van der Waals surface area (Å²) in [7, 11) is 0. The fourth-order valence-corrected chi connectivity index (χ4v) is 2.12. The molecule has 0 aliphatic rings. The van der Waals surface area contributed by atoms with Crippen molar-refractivity contribution in [3.8, 4) is 0 Å². The first-order valence-electron chi connectivity index (χ1n) is 7.05. The molecule has 0 radical (unpaired) electrons. The molecule has 0 fully saturated rings. The Morgan fingerprint density at radius 3 is 2.05 bits per heavy atom. The van der Waals surface area contributed by atoms with E-state index in [-0.39, 0.29) is 5.12 Å². The summed E-state index contributed by atoms with van der Waals surface area (Å²) < 4.78 is 16.2. The van der Waals surface area contributed by atoms with Gasteiger partial charge in [0, 0.05) is 25.9 Å². The second kappa shape index (κ2) is 10.0. The third kappa shape index (κ3) is 10.6. The van der Waals surface area contributed by atoms with Crippen LogP contribution in [-0.4, -0.2) is 48.1 Å². The van der Waals surface area contributed by atoms with Crippen LogP contribution in [0.25, 0.3) is 0 Å². The highest BCUT2D eigenvalue weighted by Crippen LogP contribution is 2.13. The zero-order valence-corrected chi connectivity index (χ0v) is 14.5. The van der Waals surface area contributed by atoms with Crippen LogP contribution in [0.15, 0.2) is 0 Å². The number of amides is 1. The van der Waals surface area contributed by atoms with Crippen LogP contribution in [0.3, 0.4) is 0 Å². The summed E-state index contributed by atoms with van der Waals surface area (Å²) in [5.41, 5.74) is -0.588. The van der Waals surface area contributed by atoms with Crippen molar-refractivity contribution in [1.29, 1.82) is 0 Å². The molecule has 1 amide bonds. The molecule has 0 rings (SSSR count). The van der Waals surface area contributed by atoms with Crippen molar-refractivity contribution in [2.24, 2.45) is 0 Å². The van der Waals surface area contributed by atoms with E-state index in [1.54, 1.807) is 20.8 Å². The Morgan fingerprint density at radius 1 is 1.14 bits per heavy atom. The van der Waals surface area contributed by atoms with E-state index < -0.39 is 24.0 Å². The topological polar surface area (TPSA) is 73.9 Å². The minimum Gasteiger partial charge on any atom is -0.444 e. The van der Waals surface area contributed by atoms with E-state index in [1.165, 1.54) is 6.92 Å². The zero-order valence-electron chi connectivity index (χ0n) is 13.7. The molecule has 0 spiro atoms. The number of rotatable bonds is 8. The van der Waals surface area contributed by atoms with Gasteiger partial charge in [0.05, 0.1) is 6.04 Å². The molecule has 7 heteroatoms. The van der Waals surface area contributed by atoms with E-state index in [4.69, 9.17) is 14.2 Å². The van der Waals surface area contributed by atoms with Gasteiger partial charge in [0.25, 0.3) is 0 Å². The molecule has 0 heterocycles. The van der Waals surface area contributed by atoms with E-state index in [2.05, 4.69) is 5.32 Å². The smallest absolute Gasteiger partial charge is 0.408 e. The highest BCUT2D eigenvalue weighted by molar-refractivity contribution is 8.13. The molecule has 124 valence electrons. The number of carbonyl (C=O) groups is 2. The normalized spacial score (nSPS) is 13.1. The minimum atomic E-state index is -0.612. The van der Waals surface area contributed by atoms with Crippen molar-refractivity contribution in [1.82, 2.24) is 5.32 Å². The average Bonchev–Trinajstić information content (AvgIpc) is 2.31. The highest BCUT2D eigenvalue weighted by Gasteiger charge is 2.27. The number of carbonyl (C=O) groups excluding carboxylic acids is 2. The van der Waals surface area contributed by atoms with E-state index >= 15 is 0 Å². The van der Waals surface area contributed by atoms with Crippen LogP contribution in [0.5, 0.6) is 0 Å². The van der Waals surface area contributed by atoms with Crippen LogP contribution in [0.2, 0.25) is 0 Å². The summed E-state index contributed by atoms with van der Waals surface area (Å²) in [6.07, 6.45) is -1.17. The Bertz CT molecular complexity index is 324. The Hall–Kier alpha value is -0.790. The Balaban J connectivity index is 4.76. The van der Waals surface area contributed by atoms with Crippen molar-refractivity contribution < 1.29 is 23.8 Å². The molecule has 0 bridgehead atoms. The number of nitrogens with one attached hydrogen (secondary N) is 1. The van der Waals surface area contributed by atoms with Gasteiger partial charge in [-0.25, -0.2) is 4.79 Å². The summed E-state index contributed by atoms with van der Waals surface area (Å²) in [5, 5.41) is 2.68. The molecule has 0 aromatic heterocycles. The molecule has 21 heavy (non-hydrogen) atoms. The lowest BCUT2D eigenvalue weighted by Gasteiger charge is -2.28. The molecule has 1 N–H and O–H groups in total. The molecule has 6 nitrogen and oxygen atoms in total. The molecule has 0 aliphatic heterocycles. The van der Waals surface area contributed by atoms with Gasteiger partial charge in [-0.2, -0.15) is 0 Å². The second-order valence-corrected chi connectivity index (χ2v) is 6.53. The molecule has 1 unspecified atom stereocenters. The van der Waals surface area contributed by atoms with E-state index in [9.17, 15) is 9.59 Å². The van der Waals surface area contributed by atoms with Crippen molar-refractivity contribution in [2.45, 2.75) is 59.5 Å². The van der Waals surface area contributed by atoms with Crippen molar-refractivity contribution in [3.05, 3.63) is 0 Å². The zero-order chi connectivity index (χ0) is 16.5. The SMILES string of the molecule is CCOC(OCC)C(CSC(C)=O)NC(=O)OC(C)(C)C. The van der Waals surface area contributed by atoms with Gasteiger partial charge in [-0.05, 0) is 34.6 Å². The number of ether oxygens (including phenoxy) is 3. The van der Waals surface area contributed by atoms with Crippen molar-refractivity contribution in [2.75, 3.05) is 19.0 Å². The Kier molecular flexibility index (Phi) is 9.65. The highest BCUT2D eigenvalue weighted by atomic mass is 32.2. The van der Waals surface area contributed by atoms with Crippen LogP contribution in [0.4, 0.5) is 4.79 Å². The van der Waals surface area contributed by atoms with Crippen LogP contribution in [0, 0.1) is 0 Å². The van der Waals surface area contributed by atoms with Gasteiger partial charge in [-0.15, -0.1) is 0 Å². The van der Waals surface area contributed by atoms with Gasteiger partial charge in [-0.1, -0.05) is 11.8 Å². The summed E-state index contributed by atoms with van der Waals surface area (Å²) in [4.78, 5) is 23.0. The van der Waals surface area contributed by atoms with Crippen molar-refractivity contribution in [3.63, 3.8) is 0 Å². The fourth-order valence-electron chi connectivity index (χ4n) is 1.46. The monoisotopic (exact) mass is 321 g/mol. The molecule has 0 aromatic carbocycles. The largest absolute Gasteiger partial charge is 0.444 e. The maximum Gasteiger partial charge on any atom is 0.408 e. The molecular weight excluding hydrogens is 294 g/mol. The molecule has 0 saturated heterocycles. The first kappa shape index (κ1) is 20.2. The summed E-state index contributed by atoms with van der Waals surface area (Å²) in [5.74, 6) is 0.360. The fraction of sp³-hybridized carbons (Fsp3) is 0.857. The molecule has 0 saturated carbocycles. The van der Waals surface area contributed by atoms with Crippen LogP contribution in [0.1, 0.15) is 41.5 Å². The van der Waals surface area contributed by atoms with Gasteiger partial charge in [0.1, 0.15) is 5.60 Å². The molecule has 0 aromatic rings. The molecular formula is C14H27NO5S. The van der Waals surface area contributed by atoms with Gasteiger partial charge in [0.2, 0.25) is 0 Å². The summed E-state index contributed by atoms with van der Waals surface area (Å²) >= 11 is 1.11. The lowest BCUT2D eigenvalue weighted by molar-refractivity contribution is -0.149. The average molecular weight is 321 g/mol. The Labute approximate surface area is 131 Å². The number of thioether (sulfide) groups is 1. The standard InChI is InChI=1S/C14H27NO5S/c1-7-18-12(19-8-2)11(9-21-10(3)16)15-13(17)20-14(4,5)6/h11-12H,7-9H2,1-6H3,(H,15,17). The predicted molar refractivity (Wildman–Crippen MR) is 83.3 cm³/mol. The first-order chi connectivity index (χ1) is 9.69. The maximum atomic E-state index is 11.9. The number of hydrogen-bond donors (Lipinski definition) is 1. The third-order valence-electron chi connectivity index (χ3n) is 2.16. The van der Waals surface area contributed by atoms with Crippen LogP contribution < -0.4 is 5.32 Å². The maximum absolute atomic E-state index is 11.9. The quantitative estimate of drug-likeness (QED) is 0.693. The van der Waals surface area contributed by atoms with Crippen molar-refractivity contribution >= 4 is 23.0 Å². The predicted octanol–water partition coefficient (Wildman–Crippen LogP) is 2.56. The first-order valence-corrected chi connectivity index (χ1v) is 8.04. The van der Waals surface area contributed by atoms with Gasteiger partial charge < -0.3 is 19.5 Å². The van der Waals surface area contributed by atoms with Gasteiger partial charge >= 0.3 is 6.09 Å². The van der Waals surface area contributed by atoms with Crippen LogP contribution >= 0.6 is 11.8 Å². The van der Waals surface area contributed by atoms with E-state index in [1.807, 2.05) is 13.8 Å². The number of alkyl carbamates (subject to hydrolysis) is 1. The second-order valence-electron chi connectivity index (χ2n) is 5.33. The minimum absolute atomic E-state index is 0.0299. The van der Waals surface area contributed by atoms with Gasteiger partial charge in [-0.3, -0.25) is 4.79 Å². The summed E-state index contributed by atoms with van der Waals surface area (Å²) in [6.45, 7) is 11.4. The third-order valence-corrected chi connectivity index (χ3v) is 3.09. The van der Waals surface area contributed by atoms with E-state index in [0.717, 1.165) is 11.8 Å².